The van der Waals surface area contributed by atoms with E-state index in [-0.39, 0.29) is 5.41 Å². The predicted molar refractivity (Wildman–Crippen MR) is 60.7 cm³/mol. The third kappa shape index (κ3) is 1.20. The summed E-state index contributed by atoms with van der Waals surface area (Å²) in [5, 5.41) is 0. The molecule has 3 rings (SSSR count). The van der Waals surface area contributed by atoms with Crippen LogP contribution in [0.15, 0.2) is 24.5 Å². The smallest absolute Gasteiger partial charge is 0.0881 e. The lowest BCUT2D eigenvalue weighted by molar-refractivity contribution is 0.702. The third-order valence-corrected chi connectivity index (χ3v) is 3.59. The van der Waals surface area contributed by atoms with Crippen molar-refractivity contribution >= 4 is 11.0 Å². The minimum atomic E-state index is 0.242. The van der Waals surface area contributed by atoms with Crippen LogP contribution in [0.3, 0.4) is 0 Å². The van der Waals surface area contributed by atoms with Gasteiger partial charge >= 0.3 is 0 Å². The van der Waals surface area contributed by atoms with Gasteiger partial charge in [0.05, 0.1) is 11.0 Å². The Morgan fingerprint density at radius 1 is 1.53 bits per heavy atom. The van der Waals surface area contributed by atoms with E-state index < -0.39 is 0 Å². The number of nitrogens with two attached hydrogens (primary N) is 1. The van der Waals surface area contributed by atoms with Gasteiger partial charge in [-0.25, -0.2) is 0 Å². The van der Waals surface area contributed by atoms with Crippen molar-refractivity contribution in [3.05, 3.63) is 30.1 Å². The van der Waals surface area contributed by atoms with Crippen molar-refractivity contribution in [2.75, 3.05) is 6.54 Å². The van der Waals surface area contributed by atoms with Crippen LogP contribution in [0, 0.1) is 0 Å². The van der Waals surface area contributed by atoms with Crippen LogP contribution in [0.25, 0.3) is 11.0 Å². The summed E-state index contributed by atoms with van der Waals surface area (Å²) in [6, 6.07) is 4.28. The average Bonchev–Trinajstić information content (AvgIpc) is 2.99. The van der Waals surface area contributed by atoms with Gasteiger partial charge in [-0.1, -0.05) is 0 Å². The van der Waals surface area contributed by atoms with E-state index in [0.29, 0.717) is 0 Å². The molecule has 0 radical (unpaired) electrons. The second-order valence-corrected chi connectivity index (χ2v) is 4.54. The molecule has 1 aliphatic carbocycles. The zero-order valence-corrected chi connectivity index (χ0v) is 8.90. The SMILES string of the molecule is Cn1ccc2ncc(C3(CN)CC3)cc21. The summed E-state index contributed by atoms with van der Waals surface area (Å²) in [4.78, 5) is 4.48. The number of fused-ring (bicyclic) bond motifs is 1. The highest BCUT2D eigenvalue weighted by Crippen LogP contribution is 2.47. The molecule has 78 valence electrons. The van der Waals surface area contributed by atoms with E-state index in [1.165, 1.54) is 23.9 Å². The molecule has 0 saturated heterocycles. The van der Waals surface area contributed by atoms with Gasteiger partial charge in [0.2, 0.25) is 0 Å². The van der Waals surface area contributed by atoms with Gasteiger partial charge in [-0.2, -0.15) is 0 Å². The number of aryl methyl sites for hydroxylation is 1. The first-order valence-electron chi connectivity index (χ1n) is 5.37. The lowest BCUT2D eigenvalue weighted by atomic mass is 9.98. The van der Waals surface area contributed by atoms with Crippen molar-refractivity contribution in [1.29, 1.82) is 0 Å². The van der Waals surface area contributed by atoms with Gasteiger partial charge in [-0.3, -0.25) is 4.98 Å². The maximum atomic E-state index is 5.82. The maximum Gasteiger partial charge on any atom is 0.0881 e. The topological polar surface area (TPSA) is 43.8 Å². The minimum Gasteiger partial charge on any atom is -0.349 e. The molecule has 3 heteroatoms. The van der Waals surface area contributed by atoms with Gasteiger partial charge in [0, 0.05) is 31.4 Å². The van der Waals surface area contributed by atoms with Gasteiger partial charge in [-0.15, -0.1) is 0 Å². The van der Waals surface area contributed by atoms with Gasteiger partial charge in [0.25, 0.3) is 0 Å². The van der Waals surface area contributed by atoms with E-state index in [9.17, 15) is 0 Å². The van der Waals surface area contributed by atoms with Crippen LogP contribution in [0.1, 0.15) is 18.4 Å². The standard InChI is InChI=1S/C12H15N3/c1-15-5-2-10-11(15)6-9(7-14-10)12(8-13)3-4-12/h2,5-7H,3-4,8,13H2,1H3. The summed E-state index contributed by atoms with van der Waals surface area (Å²) in [7, 11) is 2.05. The molecule has 0 bridgehead atoms. The van der Waals surface area contributed by atoms with E-state index in [4.69, 9.17) is 5.73 Å². The van der Waals surface area contributed by atoms with E-state index in [2.05, 4.69) is 22.7 Å². The number of rotatable bonds is 2. The molecule has 1 fully saturated rings. The second kappa shape index (κ2) is 2.83. The molecule has 2 aromatic heterocycles. The lowest BCUT2D eigenvalue weighted by Crippen LogP contribution is -2.19. The molecule has 1 aliphatic rings. The largest absolute Gasteiger partial charge is 0.349 e. The Hall–Kier alpha value is -1.35. The summed E-state index contributed by atoms with van der Waals surface area (Å²) in [6.45, 7) is 0.741. The molecular weight excluding hydrogens is 186 g/mol. The second-order valence-electron chi connectivity index (χ2n) is 4.54. The first kappa shape index (κ1) is 8.92. The van der Waals surface area contributed by atoms with Crippen LogP contribution < -0.4 is 5.73 Å². The molecule has 0 atom stereocenters. The quantitative estimate of drug-likeness (QED) is 0.801. The normalized spacial score (nSPS) is 18.3. The molecule has 2 N–H and O–H groups in total. The Bertz CT molecular complexity index is 509. The Morgan fingerprint density at radius 3 is 3.00 bits per heavy atom. The van der Waals surface area contributed by atoms with Crippen LogP contribution in [0.2, 0.25) is 0 Å². The van der Waals surface area contributed by atoms with Crippen LogP contribution in [-0.2, 0) is 12.5 Å². The van der Waals surface area contributed by atoms with Crippen molar-refractivity contribution in [2.45, 2.75) is 18.3 Å². The highest BCUT2D eigenvalue weighted by molar-refractivity contribution is 5.76. The highest BCUT2D eigenvalue weighted by atomic mass is 14.9. The molecule has 15 heavy (non-hydrogen) atoms. The number of hydrogen-bond acceptors (Lipinski definition) is 2. The van der Waals surface area contributed by atoms with Crippen molar-refractivity contribution in [3.63, 3.8) is 0 Å². The summed E-state index contributed by atoms with van der Waals surface area (Å²) >= 11 is 0. The third-order valence-electron chi connectivity index (χ3n) is 3.59. The van der Waals surface area contributed by atoms with Crippen molar-refractivity contribution in [2.24, 2.45) is 12.8 Å². The molecular formula is C12H15N3. The van der Waals surface area contributed by atoms with E-state index in [1.807, 2.05) is 18.5 Å². The Kier molecular flexibility index (Phi) is 1.68. The minimum absolute atomic E-state index is 0.242. The monoisotopic (exact) mass is 201 g/mol. The Labute approximate surface area is 88.9 Å². The van der Waals surface area contributed by atoms with E-state index in [1.54, 1.807) is 0 Å². The van der Waals surface area contributed by atoms with E-state index >= 15 is 0 Å². The maximum absolute atomic E-state index is 5.82. The summed E-state index contributed by atoms with van der Waals surface area (Å²) < 4.78 is 2.11. The fraction of sp³-hybridized carbons (Fsp3) is 0.417. The molecule has 2 aromatic rings. The first-order chi connectivity index (χ1) is 7.25. The fourth-order valence-corrected chi connectivity index (χ4v) is 2.19. The molecule has 0 amide bonds. The number of aromatic nitrogens is 2. The highest BCUT2D eigenvalue weighted by Gasteiger charge is 2.43. The van der Waals surface area contributed by atoms with Gasteiger partial charge < -0.3 is 10.3 Å². The average molecular weight is 201 g/mol. The fourth-order valence-electron chi connectivity index (χ4n) is 2.19. The summed E-state index contributed by atoms with van der Waals surface area (Å²) in [5.41, 5.74) is 9.64. The Morgan fingerprint density at radius 2 is 2.33 bits per heavy atom. The van der Waals surface area contributed by atoms with E-state index in [0.717, 1.165) is 12.1 Å². The molecule has 0 unspecified atom stereocenters. The zero-order chi connectivity index (χ0) is 10.5. The van der Waals surface area contributed by atoms with Crippen LogP contribution in [-0.4, -0.2) is 16.1 Å². The summed E-state index contributed by atoms with van der Waals surface area (Å²) in [6.07, 6.45) is 6.45. The molecule has 0 aliphatic heterocycles. The van der Waals surface area contributed by atoms with Crippen LogP contribution in [0.4, 0.5) is 0 Å². The van der Waals surface area contributed by atoms with Gasteiger partial charge in [-0.05, 0) is 30.5 Å². The molecule has 2 heterocycles. The molecule has 3 nitrogen and oxygen atoms in total. The van der Waals surface area contributed by atoms with Crippen molar-refractivity contribution in [3.8, 4) is 0 Å². The molecule has 0 spiro atoms. The number of nitrogens with zero attached hydrogens (tertiary/aromatic N) is 2. The van der Waals surface area contributed by atoms with Crippen LogP contribution in [0.5, 0.6) is 0 Å². The van der Waals surface area contributed by atoms with Crippen LogP contribution >= 0.6 is 0 Å². The van der Waals surface area contributed by atoms with Crippen molar-refractivity contribution < 1.29 is 0 Å². The lowest BCUT2D eigenvalue weighted by Gasteiger charge is -2.12. The van der Waals surface area contributed by atoms with Crippen molar-refractivity contribution in [1.82, 2.24) is 9.55 Å². The number of pyridine rings is 1. The summed E-state index contributed by atoms with van der Waals surface area (Å²) in [5.74, 6) is 0. The Balaban J connectivity index is 2.17. The predicted octanol–water partition coefficient (Wildman–Crippen LogP) is 1.56. The molecule has 0 aromatic carbocycles. The zero-order valence-electron chi connectivity index (χ0n) is 8.90. The molecule has 1 saturated carbocycles. The first-order valence-corrected chi connectivity index (χ1v) is 5.37. The number of hydrogen-bond donors (Lipinski definition) is 1. The van der Waals surface area contributed by atoms with Gasteiger partial charge in [0.15, 0.2) is 0 Å². The van der Waals surface area contributed by atoms with Gasteiger partial charge in [0.1, 0.15) is 0 Å².